The predicted octanol–water partition coefficient (Wildman–Crippen LogP) is 3.43. The van der Waals surface area contributed by atoms with Gasteiger partial charge in [0.05, 0.1) is 23.4 Å². The second-order valence-corrected chi connectivity index (χ2v) is 6.25. The first kappa shape index (κ1) is 17.7. The number of para-hydroxylation sites is 1. The minimum atomic E-state index is -0.210. The molecule has 2 aromatic carbocycles. The number of anilines is 2. The fraction of sp³-hybridized carbons (Fsp3) is 0.143. The van der Waals surface area contributed by atoms with Gasteiger partial charge in [0.25, 0.3) is 5.91 Å². The number of benzene rings is 2. The number of carbonyl (C=O) groups is 2. The van der Waals surface area contributed by atoms with Crippen LogP contribution in [0.5, 0.6) is 11.5 Å². The van der Waals surface area contributed by atoms with Gasteiger partial charge in [-0.15, -0.1) is 0 Å². The van der Waals surface area contributed by atoms with E-state index in [9.17, 15) is 9.59 Å². The maximum absolute atomic E-state index is 12.9. The topological polar surface area (TPSA) is 84.4 Å². The van der Waals surface area contributed by atoms with Crippen LogP contribution >= 0.6 is 0 Å². The van der Waals surface area contributed by atoms with Crippen LogP contribution < -0.4 is 15.0 Å². The highest BCUT2D eigenvalue weighted by molar-refractivity contribution is 6.09. The molecule has 0 atom stereocenters. The Kier molecular flexibility index (Phi) is 4.72. The first-order chi connectivity index (χ1) is 13.7. The highest BCUT2D eigenvalue weighted by atomic mass is 16.5. The highest BCUT2D eigenvalue weighted by Crippen LogP contribution is 2.40. The Bertz CT molecular complexity index is 1040. The molecular formula is C21H18N4O3. The fourth-order valence-corrected chi connectivity index (χ4v) is 3.11. The third kappa shape index (κ3) is 3.42. The molecule has 28 heavy (non-hydrogen) atoms. The first-order valence-electron chi connectivity index (χ1n) is 8.93. The van der Waals surface area contributed by atoms with Crippen LogP contribution in [0.3, 0.4) is 0 Å². The van der Waals surface area contributed by atoms with Gasteiger partial charge in [-0.25, -0.2) is 0 Å². The zero-order chi connectivity index (χ0) is 19.5. The molecule has 0 unspecified atom stereocenters. The summed E-state index contributed by atoms with van der Waals surface area (Å²) in [5, 5.41) is 2.84. The summed E-state index contributed by atoms with van der Waals surface area (Å²) in [6.45, 7) is 2.41. The minimum Gasteiger partial charge on any atom is -0.454 e. The van der Waals surface area contributed by atoms with Gasteiger partial charge < -0.3 is 15.0 Å². The lowest BCUT2D eigenvalue weighted by molar-refractivity contribution is -0.115. The monoisotopic (exact) mass is 374 g/mol. The van der Waals surface area contributed by atoms with E-state index in [1.807, 2.05) is 19.1 Å². The van der Waals surface area contributed by atoms with Gasteiger partial charge in [0.1, 0.15) is 5.75 Å². The van der Waals surface area contributed by atoms with Crippen molar-refractivity contribution < 1.29 is 14.3 Å². The predicted molar refractivity (Wildman–Crippen MR) is 105 cm³/mol. The van der Waals surface area contributed by atoms with Crippen molar-refractivity contribution in [2.45, 2.75) is 13.3 Å². The maximum Gasteiger partial charge on any atom is 0.262 e. The Morgan fingerprint density at radius 1 is 1.14 bits per heavy atom. The van der Waals surface area contributed by atoms with Gasteiger partial charge in [-0.1, -0.05) is 12.1 Å². The average molecular weight is 374 g/mol. The smallest absolute Gasteiger partial charge is 0.262 e. The number of hydrogen-bond donors (Lipinski definition) is 1. The standard InChI is InChI=1S/C21H18N4O3/c1-2-25-17-8-7-14(24-20(26)12-15-13-22-9-10-23-15)11-19(17)28-18-6-4-3-5-16(18)21(25)27/h3-11,13H,2,12H2,1H3,(H,24,26). The van der Waals surface area contributed by atoms with E-state index in [-0.39, 0.29) is 18.2 Å². The molecule has 0 radical (unpaired) electrons. The summed E-state index contributed by atoms with van der Waals surface area (Å²) in [5.74, 6) is 0.680. The number of amides is 2. The van der Waals surface area contributed by atoms with Crippen LogP contribution in [0.15, 0.2) is 61.1 Å². The SMILES string of the molecule is CCN1C(=O)c2ccccc2Oc2cc(NC(=O)Cc3cnccn3)ccc21. The number of hydrogen-bond acceptors (Lipinski definition) is 5. The van der Waals surface area contributed by atoms with Crippen molar-refractivity contribution in [3.63, 3.8) is 0 Å². The van der Waals surface area contributed by atoms with Crippen molar-refractivity contribution in [2.75, 3.05) is 16.8 Å². The summed E-state index contributed by atoms with van der Waals surface area (Å²) in [6.07, 6.45) is 4.78. The van der Waals surface area contributed by atoms with Crippen LogP contribution in [-0.4, -0.2) is 28.3 Å². The molecule has 2 amide bonds. The fourth-order valence-electron chi connectivity index (χ4n) is 3.11. The zero-order valence-electron chi connectivity index (χ0n) is 15.3. The number of aromatic nitrogens is 2. The summed E-state index contributed by atoms with van der Waals surface area (Å²) in [6, 6.07) is 12.4. The lowest BCUT2D eigenvalue weighted by Crippen LogP contribution is -2.29. The average Bonchev–Trinajstić information content (AvgIpc) is 2.82. The van der Waals surface area contributed by atoms with Crippen LogP contribution in [-0.2, 0) is 11.2 Å². The molecule has 0 aliphatic carbocycles. The number of ether oxygens (including phenoxy) is 1. The third-order valence-electron chi connectivity index (χ3n) is 4.39. The lowest BCUT2D eigenvalue weighted by atomic mass is 10.1. The molecule has 7 heteroatoms. The number of carbonyl (C=O) groups excluding carboxylic acids is 2. The van der Waals surface area contributed by atoms with Crippen molar-refractivity contribution in [2.24, 2.45) is 0 Å². The Morgan fingerprint density at radius 2 is 2.00 bits per heavy atom. The summed E-state index contributed by atoms with van der Waals surface area (Å²) in [4.78, 5) is 34.9. The molecule has 1 aromatic heterocycles. The normalized spacial score (nSPS) is 12.5. The third-order valence-corrected chi connectivity index (χ3v) is 4.39. The Labute approximate surface area is 162 Å². The molecule has 0 saturated heterocycles. The second-order valence-electron chi connectivity index (χ2n) is 6.25. The summed E-state index contributed by atoms with van der Waals surface area (Å²) < 4.78 is 6.01. The quantitative estimate of drug-likeness (QED) is 0.756. The van der Waals surface area contributed by atoms with Gasteiger partial charge >= 0.3 is 0 Å². The Hall–Kier alpha value is -3.74. The molecule has 3 aromatic rings. The molecule has 2 heterocycles. The number of nitrogens with one attached hydrogen (secondary N) is 1. The van der Waals surface area contributed by atoms with E-state index >= 15 is 0 Å². The van der Waals surface area contributed by atoms with E-state index in [1.54, 1.807) is 53.8 Å². The summed E-state index contributed by atoms with van der Waals surface area (Å²) in [5.41, 5.74) is 2.34. The minimum absolute atomic E-state index is 0.115. The van der Waals surface area contributed by atoms with E-state index in [1.165, 1.54) is 0 Å². The zero-order valence-corrected chi connectivity index (χ0v) is 15.3. The molecule has 1 N–H and O–H groups in total. The van der Waals surface area contributed by atoms with Crippen molar-refractivity contribution in [1.29, 1.82) is 0 Å². The molecule has 140 valence electrons. The Balaban J connectivity index is 1.62. The number of nitrogens with zero attached hydrogens (tertiary/aromatic N) is 3. The van der Waals surface area contributed by atoms with Gasteiger partial charge in [0, 0.05) is 36.9 Å². The molecule has 0 bridgehead atoms. The van der Waals surface area contributed by atoms with Gasteiger partial charge in [-0.2, -0.15) is 0 Å². The molecule has 0 saturated carbocycles. The van der Waals surface area contributed by atoms with Crippen LogP contribution in [0.2, 0.25) is 0 Å². The van der Waals surface area contributed by atoms with E-state index < -0.39 is 0 Å². The first-order valence-corrected chi connectivity index (χ1v) is 8.93. The van der Waals surface area contributed by atoms with E-state index in [2.05, 4.69) is 15.3 Å². The molecule has 1 aliphatic heterocycles. The van der Waals surface area contributed by atoms with E-state index in [0.29, 0.717) is 40.7 Å². The van der Waals surface area contributed by atoms with Crippen LogP contribution in [0.1, 0.15) is 23.0 Å². The number of fused-ring (bicyclic) bond motifs is 2. The highest BCUT2D eigenvalue weighted by Gasteiger charge is 2.27. The summed E-state index contributed by atoms with van der Waals surface area (Å²) in [7, 11) is 0. The maximum atomic E-state index is 12.9. The van der Waals surface area contributed by atoms with E-state index in [0.717, 1.165) is 0 Å². The van der Waals surface area contributed by atoms with Gasteiger partial charge in [0.2, 0.25) is 5.91 Å². The second kappa shape index (κ2) is 7.48. The lowest BCUT2D eigenvalue weighted by Gasteiger charge is -2.20. The van der Waals surface area contributed by atoms with Crippen LogP contribution in [0, 0.1) is 0 Å². The van der Waals surface area contributed by atoms with E-state index in [4.69, 9.17) is 4.74 Å². The Morgan fingerprint density at radius 3 is 2.79 bits per heavy atom. The summed E-state index contributed by atoms with van der Waals surface area (Å²) >= 11 is 0. The van der Waals surface area contributed by atoms with Crippen LogP contribution in [0.25, 0.3) is 0 Å². The molecule has 0 fully saturated rings. The van der Waals surface area contributed by atoms with Crippen molar-refractivity contribution >= 4 is 23.2 Å². The largest absolute Gasteiger partial charge is 0.454 e. The molecule has 1 aliphatic rings. The number of rotatable bonds is 4. The van der Waals surface area contributed by atoms with Crippen molar-refractivity contribution in [3.05, 3.63) is 72.3 Å². The van der Waals surface area contributed by atoms with Crippen LogP contribution in [0.4, 0.5) is 11.4 Å². The van der Waals surface area contributed by atoms with Gasteiger partial charge in [-0.05, 0) is 31.2 Å². The van der Waals surface area contributed by atoms with Gasteiger partial charge in [-0.3, -0.25) is 19.6 Å². The van der Waals surface area contributed by atoms with Gasteiger partial charge in [0.15, 0.2) is 5.75 Å². The molecule has 7 nitrogen and oxygen atoms in total. The molecule has 4 rings (SSSR count). The molecular weight excluding hydrogens is 356 g/mol. The van der Waals surface area contributed by atoms with Crippen molar-refractivity contribution in [1.82, 2.24) is 9.97 Å². The van der Waals surface area contributed by atoms with Crippen molar-refractivity contribution in [3.8, 4) is 11.5 Å². The molecule has 0 spiro atoms.